The summed E-state index contributed by atoms with van der Waals surface area (Å²) in [6.07, 6.45) is 0. The van der Waals surface area contributed by atoms with Gasteiger partial charge in [0.15, 0.2) is 0 Å². The Labute approximate surface area is 144 Å². The van der Waals surface area contributed by atoms with Crippen LogP contribution in [0.4, 0.5) is 0 Å². The molecule has 2 nitrogen and oxygen atoms in total. The number of thioether (sulfide) groups is 1. The molecule has 1 aromatic heterocycles. The highest BCUT2D eigenvalue weighted by atomic mass is 35.5. The van der Waals surface area contributed by atoms with Crippen molar-refractivity contribution >= 4 is 46.6 Å². The first kappa shape index (κ1) is 16.9. The van der Waals surface area contributed by atoms with Gasteiger partial charge >= 0.3 is 0 Å². The molecule has 0 amide bonds. The Hall–Kier alpha value is -0.480. The zero-order chi connectivity index (χ0) is 15.4. The molecule has 0 atom stereocenters. The Kier molecular flexibility index (Phi) is 6.18. The lowest BCUT2D eigenvalue weighted by atomic mass is 10.1. The largest absolute Gasteiger partial charge is 0.220 e. The van der Waals surface area contributed by atoms with Crippen LogP contribution in [-0.4, -0.2) is 15.7 Å². The molecule has 0 aliphatic carbocycles. The van der Waals surface area contributed by atoms with Crippen molar-refractivity contribution in [3.05, 3.63) is 45.4 Å². The Bertz CT molecular complexity index is 609. The third-order valence-electron chi connectivity index (χ3n) is 2.69. The minimum Gasteiger partial charge on any atom is -0.220 e. The summed E-state index contributed by atoms with van der Waals surface area (Å²) in [5.74, 6) is 3.01. The van der Waals surface area contributed by atoms with Crippen LogP contribution in [0.25, 0.3) is 11.1 Å². The van der Waals surface area contributed by atoms with Crippen molar-refractivity contribution in [1.82, 2.24) is 9.97 Å². The van der Waals surface area contributed by atoms with Crippen molar-refractivity contribution < 1.29 is 0 Å². The number of hydrogen-bond acceptors (Lipinski definition) is 3. The molecule has 1 aromatic carbocycles. The first-order valence-corrected chi connectivity index (χ1v) is 8.82. The van der Waals surface area contributed by atoms with E-state index in [1.165, 1.54) is 0 Å². The highest BCUT2D eigenvalue weighted by Crippen LogP contribution is 2.36. The van der Waals surface area contributed by atoms with E-state index >= 15 is 0 Å². The fraction of sp³-hybridized carbons (Fsp3) is 0.333. The lowest BCUT2D eigenvalue weighted by Crippen LogP contribution is -1.99. The van der Waals surface area contributed by atoms with Crippen molar-refractivity contribution in [3.63, 3.8) is 0 Å². The van der Waals surface area contributed by atoms with Crippen LogP contribution >= 0.6 is 46.6 Å². The maximum atomic E-state index is 6.28. The fourth-order valence-electron chi connectivity index (χ4n) is 1.79. The van der Waals surface area contributed by atoms with Gasteiger partial charge in [-0.3, -0.25) is 0 Å². The van der Waals surface area contributed by atoms with Crippen molar-refractivity contribution in [1.29, 1.82) is 0 Å². The van der Waals surface area contributed by atoms with Gasteiger partial charge in [0.25, 0.3) is 0 Å². The van der Waals surface area contributed by atoms with E-state index in [9.17, 15) is 0 Å². The van der Waals surface area contributed by atoms with E-state index in [1.54, 1.807) is 17.8 Å². The lowest BCUT2D eigenvalue weighted by Gasteiger charge is -2.10. The highest BCUT2D eigenvalue weighted by Gasteiger charge is 2.16. The molecule has 0 aliphatic heterocycles. The summed E-state index contributed by atoms with van der Waals surface area (Å²) in [6, 6.07) is 7.37. The van der Waals surface area contributed by atoms with E-state index in [0.717, 1.165) is 11.3 Å². The Morgan fingerprint density at radius 3 is 2.24 bits per heavy atom. The van der Waals surface area contributed by atoms with Crippen LogP contribution in [0.5, 0.6) is 0 Å². The average molecular weight is 362 g/mol. The highest BCUT2D eigenvalue weighted by molar-refractivity contribution is 7.98. The zero-order valence-corrected chi connectivity index (χ0v) is 14.8. The van der Waals surface area contributed by atoms with E-state index in [0.29, 0.717) is 38.4 Å². The summed E-state index contributed by atoms with van der Waals surface area (Å²) >= 11 is 20.5. The minimum atomic E-state index is 0.336. The summed E-state index contributed by atoms with van der Waals surface area (Å²) in [5, 5.41) is 1.25. The van der Waals surface area contributed by atoms with Gasteiger partial charge in [0.05, 0.1) is 11.3 Å². The Morgan fingerprint density at radius 2 is 1.67 bits per heavy atom. The van der Waals surface area contributed by atoms with Crippen LogP contribution < -0.4 is 0 Å². The molecule has 0 aliphatic rings. The molecule has 112 valence electrons. The van der Waals surface area contributed by atoms with Crippen LogP contribution in [0.1, 0.15) is 19.7 Å². The first-order valence-electron chi connectivity index (χ1n) is 6.53. The van der Waals surface area contributed by atoms with Gasteiger partial charge in [-0.05, 0) is 17.7 Å². The van der Waals surface area contributed by atoms with Crippen LogP contribution in [0.3, 0.4) is 0 Å². The molecule has 0 unspecified atom stereocenters. The van der Waals surface area contributed by atoms with Crippen LogP contribution in [0.2, 0.25) is 15.3 Å². The average Bonchev–Trinajstić information content (AvgIpc) is 2.39. The predicted molar refractivity (Wildman–Crippen MR) is 93.5 cm³/mol. The van der Waals surface area contributed by atoms with Gasteiger partial charge in [-0.15, -0.1) is 0 Å². The number of aromatic nitrogens is 2. The molecule has 0 bridgehead atoms. The molecule has 0 saturated heterocycles. The fourth-order valence-corrected chi connectivity index (χ4v) is 3.54. The molecular weight excluding hydrogens is 347 g/mol. The van der Waals surface area contributed by atoms with E-state index in [2.05, 4.69) is 23.8 Å². The lowest BCUT2D eigenvalue weighted by molar-refractivity contribution is 0.750. The van der Waals surface area contributed by atoms with Crippen molar-refractivity contribution in [3.8, 4) is 11.1 Å². The maximum Gasteiger partial charge on any atom is 0.142 e. The monoisotopic (exact) mass is 360 g/mol. The molecule has 1 heterocycles. The SMILES string of the molecule is CC(C)CSCc1nc(Cl)c(-c2ccccc2Cl)c(Cl)n1. The number of halogens is 3. The van der Waals surface area contributed by atoms with Gasteiger partial charge in [-0.2, -0.15) is 11.8 Å². The van der Waals surface area contributed by atoms with Crippen LogP contribution in [0.15, 0.2) is 24.3 Å². The molecule has 21 heavy (non-hydrogen) atoms. The van der Waals surface area contributed by atoms with Gasteiger partial charge in [-0.1, -0.05) is 66.8 Å². The first-order chi connectivity index (χ1) is 9.99. The predicted octanol–water partition coefficient (Wildman–Crippen LogP) is 5.99. The second-order valence-electron chi connectivity index (χ2n) is 4.99. The molecule has 2 rings (SSSR count). The van der Waals surface area contributed by atoms with Gasteiger partial charge in [-0.25, -0.2) is 9.97 Å². The minimum absolute atomic E-state index is 0.336. The summed E-state index contributed by atoms with van der Waals surface area (Å²) < 4.78 is 0. The third kappa shape index (κ3) is 4.49. The summed E-state index contributed by atoms with van der Waals surface area (Å²) in [5.41, 5.74) is 1.33. The second kappa shape index (κ2) is 7.68. The number of rotatable bonds is 5. The molecule has 6 heteroatoms. The summed E-state index contributed by atoms with van der Waals surface area (Å²) in [6.45, 7) is 4.35. The van der Waals surface area contributed by atoms with Gasteiger partial charge in [0.1, 0.15) is 16.1 Å². The molecule has 0 radical (unpaired) electrons. The normalized spacial score (nSPS) is 11.1. The molecule has 0 N–H and O–H groups in total. The number of benzene rings is 1. The quantitative estimate of drug-likeness (QED) is 0.611. The molecule has 0 fully saturated rings. The second-order valence-corrected chi connectivity index (χ2v) is 7.14. The Morgan fingerprint density at radius 1 is 1.05 bits per heavy atom. The Balaban J connectivity index is 2.28. The maximum absolute atomic E-state index is 6.28. The molecule has 0 saturated carbocycles. The van der Waals surface area contributed by atoms with Crippen molar-refractivity contribution in [2.24, 2.45) is 5.92 Å². The topological polar surface area (TPSA) is 25.8 Å². The number of nitrogens with zero attached hydrogens (tertiary/aromatic N) is 2. The summed E-state index contributed by atoms with van der Waals surface area (Å²) in [4.78, 5) is 8.68. The standard InChI is InChI=1S/C15H15Cl3N2S/c1-9(2)7-21-8-12-19-14(17)13(15(18)20-12)10-5-3-4-6-11(10)16/h3-6,9H,7-8H2,1-2H3. The molecule has 0 spiro atoms. The zero-order valence-electron chi connectivity index (χ0n) is 11.7. The van der Waals surface area contributed by atoms with E-state index in [4.69, 9.17) is 34.8 Å². The third-order valence-corrected chi connectivity index (χ3v) is 4.93. The smallest absolute Gasteiger partial charge is 0.142 e. The van der Waals surface area contributed by atoms with Gasteiger partial charge in [0.2, 0.25) is 0 Å². The number of hydrogen-bond donors (Lipinski definition) is 0. The molecular formula is C15H15Cl3N2S. The van der Waals surface area contributed by atoms with Gasteiger partial charge < -0.3 is 0 Å². The van der Waals surface area contributed by atoms with E-state index in [1.807, 2.05) is 18.2 Å². The van der Waals surface area contributed by atoms with Crippen molar-refractivity contribution in [2.45, 2.75) is 19.6 Å². The van der Waals surface area contributed by atoms with Crippen molar-refractivity contribution in [2.75, 3.05) is 5.75 Å². The van der Waals surface area contributed by atoms with Crippen LogP contribution in [0, 0.1) is 5.92 Å². The van der Waals surface area contributed by atoms with Gasteiger partial charge in [0, 0.05) is 10.6 Å². The van der Waals surface area contributed by atoms with Crippen LogP contribution in [-0.2, 0) is 5.75 Å². The van der Waals surface area contributed by atoms with E-state index in [-0.39, 0.29) is 0 Å². The van der Waals surface area contributed by atoms with E-state index < -0.39 is 0 Å². The summed E-state index contributed by atoms with van der Waals surface area (Å²) in [7, 11) is 0. The molecule has 2 aromatic rings.